The molecule has 0 aromatic carbocycles. The zero-order chi connectivity index (χ0) is 15.2. The smallest absolute Gasteiger partial charge is 0.315 e. The lowest BCUT2D eigenvalue weighted by Gasteiger charge is -2.26. The molecule has 1 aliphatic rings. The van der Waals surface area contributed by atoms with Gasteiger partial charge in [0.25, 0.3) is 0 Å². The number of nitrogens with one attached hydrogen (secondary N) is 2. The monoisotopic (exact) mass is 302 g/mol. The lowest BCUT2D eigenvalue weighted by Crippen LogP contribution is -2.45. The van der Waals surface area contributed by atoms with Crippen molar-refractivity contribution >= 4 is 23.8 Å². The molecule has 2 atom stereocenters. The Morgan fingerprint density at radius 2 is 2.10 bits per heavy atom. The highest BCUT2D eigenvalue weighted by atomic mass is 32.2. The fourth-order valence-corrected chi connectivity index (χ4v) is 3.57. The highest BCUT2D eigenvalue weighted by Crippen LogP contribution is 2.25. The summed E-state index contributed by atoms with van der Waals surface area (Å²) in [6, 6.07) is -0.586. The normalized spacial score (nSPS) is 20.4. The maximum absolute atomic E-state index is 11.9. The lowest BCUT2D eigenvalue weighted by molar-refractivity contribution is -0.137. The van der Waals surface area contributed by atoms with Crippen LogP contribution in [0.4, 0.5) is 4.79 Å². The van der Waals surface area contributed by atoms with Gasteiger partial charge < -0.3 is 15.7 Å². The Morgan fingerprint density at radius 3 is 2.60 bits per heavy atom. The van der Waals surface area contributed by atoms with Gasteiger partial charge in [-0.25, -0.2) is 4.79 Å². The summed E-state index contributed by atoms with van der Waals surface area (Å²) in [6.07, 6.45) is 2.96. The maximum atomic E-state index is 11.9. The molecule has 3 N–H and O–H groups in total. The number of carboxylic acids is 1. The van der Waals surface area contributed by atoms with Crippen LogP contribution in [0.5, 0.6) is 0 Å². The molecule has 0 aromatic heterocycles. The van der Waals surface area contributed by atoms with E-state index in [1.54, 1.807) is 0 Å². The molecule has 0 spiro atoms. The quantitative estimate of drug-likeness (QED) is 0.704. The maximum Gasteiger partial charge on any atom is 0.315 e. The molecule has 2 amide bonds. The second kappa shape index (κ2) is 7.76. The Bertz CT molecular complexity index is 336. The molecular weight excluding hydrogens is 276 g/mol. The average molecular weight is 302 g/mol. The number of carbonyl (C=O) groups excluding carboxylic acids is 1. The minimum atomic E-state index is -0.883. The van der Waals surface area contributed by atoms with E-state index in [-0.39, 0.29) is 23.9 Å². The molecule has 2 unspecified atom stereocenters. The largest absolute Gasteiger partial charge is 0.481 e. The molecule has 0 aliphatic carbocycles. The predicted octanol–water partition coefficient (Wildman–Crippen LogP) is 2.46. The van der Waals surface area contributed by atoms with Gasteiger partial charge in [0.15, 0.2) is 0 Å². The van der Waals surface area contributed by atoms with Crippen LogP contribution in [0.2, 0.25) is 0 Å². The number of hydrogen-bond donors (Lipinski definition) is 3. The molecule has 6 heteroatoms. The second-order valence-corrected chi connectivity index (χ2v) is 7.96. The van der Waals surface area contributed by atoms with Crippen molar-refractivity contribution in [3.8, 4) is 0 Å². The van der Waals surface area contributed by atoms with Crippen molar-refractivity contribution in [3.63, 3.8) is 0 Å². The SMILES string of the molecule is CC(C)(C)CC(CC(=O)O)NC(=O)NCC1CCCS1. The molecule has 0 radical (unpaired) electrons. The van der Waals surface area contributed by atoms with Crippen molar-refractivity contribution in [1.29, 1.82) is 0 Å². The van der Waals surface area contributed by atoms with Crippen LogP contribution in [0.25, 0.3) is 0 Å². The van der Waals surface area contributed by atoms with Crippen LogP contribution in [-0.2, 0) is 4.79 Å². The van der Waals surface area contributed by atoms with E-state index in [1.807, 2.05) is 32.5 Å². The van der Waals surface area contributed by atoms with Crippen LogP contribution >= 0.6 is 11.8 Å². The molecule has 0 aromatic rings. The van der Waals surface area contributed by atoms with E-state index in [1.165, 1.54) is 12.2 Å². The Kier molecular flexibility index (Phi) is 6.65. The predicted molar refractivity (Wildman–Crippen MR) is 82.1 cm³/mol. The summed E-state index contributed by atoms with van der Waals surface area (Å²) in [7, 11) is 0. The number of aliphatic carboxylic acids is 1. The van der Waals surface area contributed by atoms with Crippen molar-refractivity contribution in [3.05, 3.63) is 0 Å². The molecule has 1 fully saturated rings. The fraction of sp³-hybridized carbons (Fsp3) is 0.857. The van der Waals surface area contributed by atoms with Crippen LogP contribution in [0, 0.1) is 5.41 Å². The Labute approximate surface area is 125 Å². The van der Waals surface area contributed by atoms with Crippen molar-refractivity contribution in [2.75, 3.05) is 12.3 Å². The van der Waals surface area contributed by atoms with Gasteiger partial charge in [0.2, 0.25) is 0 Å². The zero-order valence-corrected chi connectivity index (χ0v) is 13.4. The fourth-order valence-electron chi connectivity index (χ4n) is 2.37. The van der Waals surface area contributed by atoms with E-state index in [0.717, 1.165) is 6.42 Å². The number of carbonyl (C=O) groups is 2. The van der Waals surface area contributed by atoms with E-state index in [2.05, 4.69) is 10.6 Å². The van der Waals surface area contributed by atoms with Crippen LogP contribution in [-0.4, -0.2) is 40.7 Å². The first-order chi connectivity index (χ1) is 9.26. The standard InChI is InChI=1S/C14H26N2O3S/c1-14(2,3)8-10(7-12(17)18)16-13(19)15-9-11-5-4-6-20-11/h10-11H,4-9H2,1-3H3,(H,17,18)(H2,15,16,19). The summed E-state index contributed by atoms with van der Waals surface area (Å²) in [4.78, 5) is 22.7. The molecule has 1 heterocycles. The summed E-state index contributed by atoms with van der Waals surface area (Å²) in [5.41, 5.74) is -0.0191. The molecule has 0 bridgehead atoms. The van der Waals surface area contributed by atoms with Gasteiger partial charge in [-0.15, -0.1) is 0 Å². The highest BCUT2D eigenvalue weighted by Gasteiger charge is 2.23. The van der Waals surface area contributed by atoms with Gasteiger partial charge in [0.1, 0.15) is 0 Å². The third-order valence-corrected chi connectivity index (χ3v) is 4.53. The highest BCUT2D eigenvalue weighted by molar-refractivity contribution is 8.00. The van der Waals surface area contributed by atoms with Crippen LogP contribution < -0.4 is 10.6 Å². The van der Waals surface area contributed by atoms with Crippen LogP contribution in [0.3, 0.4) is 0 Å². The Morgan fingerprint density at radius 1 is 1.40 bits per heavy atom. The number of rotatable bonds is 6. The summed E-state index contributed by atoms with van der Waals surface area (Å²) in [5, 5.41) is 15.1. The number of hydrogen-bond acceptors (Lipinski definition) is 3. The van der Waals surface area contributed by atoms with Crippen LogP contribution in [0.15, 0.2) is 0 Å². The minimum absolute atomic E-state index is 0.0191. The van der Waals surface area contributed by atoms with E-state index in [0.29, 0.717) is 18.2 Å². The Hall–Kier alpha value is -0.910. The van der Waals surface area contributed by atoms with Gasteiger partial charge in [-0.05, 0) is 30.4 Å². The van der Waals surface area contributed by atoms with E-state index < -0.39 is 5.97 Å². The van der Waals surface area contributed by atoms with E-state index in [4.69, 9.17) is 5.11 Å². The van der Waals surface area contributed by atoms with Gasteiger partial charge in [-0.1, -0.05) is 20.8 Å². The molecule has 5 nitrogen and oxygen atoms in total. The lowest BCUT2D eigenvalue weighted by atomic mass is 9.87. The molecule has 1 rings (SSSR count). The van der Waals surface area contributed by atoms with E-state index in [9.17, 15) is 9.59 Å². The first-order valence-corrected chi connectivity index (χ1v) is 8.19. The van der Waals surface area contributed by atoms with Gasteiger partial charge in [0.05, 0.1) is 6.42 Å². The second-order valence-electron chi connectivity index (χ2n) is 6.55. The molecule has 1 aliphatic heterocycles. The summed E-state index contributed by atoms with van der Waals surface area (Å²) in [6.45, 7) is 6.77. The first kappa shape index (κ1) is 17.1. The topological polar surface area (TPSA) is 78.4 Å². The zero-order valence-electron chi connectivity index (χ0n) is 12.6. The van der Waals surface area contributed by atoms with Crippen molar-refractivity contribution in [2.24, 2.45) is 5.41 Å². The van der Waals surface area contributed by atoms with Crippen molar-refractivity contribution in [2.45, 2.75) is 57.7 Å². The Balaban J connectivity index is 2.37. The summed E-state index contributed by atoms with van der Waals surface area (Å²) >= 11 is 1.89. The third kappa shape index (κ3) is 7.62. The molecular formula is C14H26N2O3S. The van der Waals surface area contributed by atoms with Gasteiger partial charge in [-0.3, -0.25) is 4.79 Å². The van der Waals surface area contributed by atoms with Gasteiger partial charge >= 0.3 is 12.0 Å². The summed E-state index contributed by atoms with van der Waals surface area (Å²) < 4.78 is 0. The molecule has 116 valence electrons. The third-order valence-electron chi connectivity index (χ3n) is 3.13. The van der Waals surface area contributed by atoms with Gasteiger partial charge in [0, 0.05) is 17.8 Å². The molecule has 1 saturated heterocycles. The van der Waals surface area contributed by atoms with Crippen LogP contribution in [0.1, 0.15) is 46.5 Å². The summed E-state index contributed by atoms with van der Waals surface area (Å²) in [5.74, 6) is 0.283. The van der Waals surface area contributed by atoms with Crippen molar-refractivity contribution < 1.29 is 14.7 Å². The van der Waals surface area contributed by atoms with Gasteiger partial charge in [-0.2, -0.15) is 11.8 Å². The number of amides is 2. The number of thioether (sulfide) groups is 1. The molecule has 0 saturated carbocycles. The minimum Gasteiger partial charge on any atom is -0.481 e. The molecule has 20 heavy (non-hydrogen) atoms. The van der Waals surface area contributed by atoms with E-state index >= 15 is 0 Å². The number of urea groups is 1. The first-order valence-electron chi connectivity index (χ1n) is 7.14. The number of carboxylic acid groups (broad SMARTS) is 1. The van der Waals surface area contributed by atoms with Crippen molar-refractivity contribution in [1.82, 2.24) is 10.6 Å². The average Bonchev–Trinajstić information content (AvgIpc) is 2.75.